The molecule has 0 fully saturated rings. The van der Waals surface area contributed by atoms with Crippen LogP contribution in [0.25, 0.3) is 0 Å². The lowest BCUT2D eigenvalue weighted by Crippen LogP contribution is -2.11. The largest absolute Gasteiger partial charge is 0.382 e. The van der Waals surface area contributed by atoms with Gasteiger partial charge in [0.1, 0.15) is 0 Å². The number of nitrogens with two attached hydrogens (primary N) is 1. The summed E-state index contributed by atoms with van der Waals surface area (Å²) in [6, 6.07) is 7.17. The van der Waals surface area contributed by atoms with Crippen molar-refractivity contribution >= 4 is 11.6 Å². The molecule has 0 aliphatic heterocycles. The number of amides is 1. The average Bonchev–Trinajstić information content (AvgIpc) is 2.17. The highest BCUT2D eigenvalue weighted by Crippen LogP contribution is 2.09. The van der Waals surface area contributed by atoms with Gasteiger partial charge in [0.05, 0.1) is 0 Å². The fourth-order valence-electron chi connectivity index (χ4n) is 1.16. The Kier molecular flexibility index (Phi) is 3.92. The molecule has 1 aromatic rings. The number of nitrogens with one attached hydrogen (secondary N) is 1. The molecular weight excluding hydrogens is 188 g/mol. The fourth-order valence-corrected chi connectivity index (χ4v) is 1.16. The monoisotopic (exact) mass is 204 g/mol. The Morgan fingerprint density at radius 1 is 1.47 bits per heavy atom. The number of primary amides is 1. The van der Waals surface area contributed by atoms with Crippen molar-refractivity contribution in [2.24, 2.45) is 5.73 Å². The first-order valence-electron chi connectivity index (χ1n) is 4.86. The molecule has 0 saturated carbocycles. The maximum absolute atomic E-state index is 10.9. The van der Waals surface area contributed by atoms with Crippen LogP contribution in [-0.2, 0) is 0 Å². The van der Waals surface area contributed by atoms with Gasteiger partial charge in [-0.05, 0) is 32.0 Å². The molecule has 3 heteroatoms. The lowest BCUT2D eigenvalue weighted by atomic mass is 10.2. The van der Waals surface area contributed by atoms with Gasteiger partial charge in [-0.25, -0.2) is 0 Å². The number of carbonyl (C=O) groups excluding carboxylic acids is 1. The van der Waals surface area contributed by atoms with Gasteiger partial charge in [-0.15, -0.1) is 0 Å². The zero-order chi connectivity index (χ0) is 11.3. The molecule has 0 radical (unpaired) electrons. The van der Waals surface area contributed by atoms with Gasteiger partial charge in [-0.1, -0.05) is 17.7 Å². The molecule has 0 spiro atoms. The molecule has 0 heterocycles. The van der Waals surface area contributed by atoms with E-state index in [1.165, 1.54) is 5.57 Å². The minimum atomic E-state index is -0.402. The highest BCUT2D eigenvalue weighted by molar-refractivity contribution is 5.93. The minimum Gasteiger partial charge on any atom is -0.382 e. The van der Waals surface area contributed by atoms with Gasteiger partial charge in [0.25, 0.3) is 0 Å². The van der Waals surface area contributed by atoms with Crippen LogP contribution in [0.15, 0.2) is 35.9 Å². The number of allylic oxidation sites excluding steroid dienone is 1. The second kappa shape index (κ2) is 5.20. The maximum atomic E-state index is 10.9. The topological polar surface area (TPSA) is 55.1 Å². The van der Waals surface area contributed by atoms with E-state index in [9.17, 15) is 4.79 Å². The van der Waals surface area contributed by atoms with Crippen LogP contribution in [0.5, 0.6) is 0 Å². The molecule has 1 amide bonds. The van der Waals surface area contributed by atoms with Crippen LogP contribution in [0, 0.1) is 0 Å². The first kappa shape index (κ1) is 11.3. The first-order chi connectivity index (χ1) is 7.09. The third-order valence-corrected chi connectivity index (χ3v) is 1.96. The summed E-state index contributed by atoms with van der Waals surface area (Å²) in [5.74, 6) is -0.402. The van der Waals surface area contributed by atoms with Crippen molar-refractivity contribution in [1.29, 1.82) is 0 Å². The van der Waals surface area contributed by atoms with E-state index in [1.807, 2.05) is 26.0 Å². The Labute approximate surface area is 90.0 Å². The highest BCUT2D eigenvalue weighted by Gasteiger charge is 1.99. The van der Waals surface area contributed by atoms with Gasteiger partial charge in [0.15, 0.2) is 0 Å². The van der Waals surface area contributed by atoms with Crippen LogP contribution < -0.4 is 11.1 Å². The molecule has 0 atom stereocenters. The van der Waals surface area contributed by atoms with E-state index in [0.29, 0.717) is 5.56 Å². The maximum Gasteiger partial charge on any atom is 0.248 e. The molecule has 1 rings (SSSR count). The van der Waals surface area contributed by atoms with Crippen molar-refractivity contribution in [3.63, 3.8) is 0 Å². The van der Waals surface area contributed by atoms with Crippen LogP contribution in [0.4, 0.5) is 5.69 Å². The van der Waals surface area contributed by atoms with E-state index < -0.39 is 5.91 Å². The second-order valence-corrected chi connectivity index (χ2v) is 3.61. The first-order valence-corrected chi connectivity index (χ1v) is 4.86. The van der Waals surface area contributed by atoms with Gasteiger partial charge in [-0.3, -0.25) is 4.79 Å². The quantitative estimate of drug-likeness (QED) is 0.738. The molecule has 3 nitrogen and oxygen atoms in total. The lowest BCUT2D eigenvalue weighted by molar-refractivity contribution is 0.100. The molecular formula is C12H16N2O. The summed E-state index contributed by atoms with van der Waals surface area (Å²) in [5.41, 5.74) is 7.87. The standard InChI is InChI=1S/C12H16N2O/c1-9(2)6-7-14-11-5-3-4-10(8-11)12(13)15/h3-6,8,14H,7H2,1-2H3,(H2,13,15). The predicted octanol–water partition coefficient (Wildman–Crippen LogP) is 2.16. The van der Waals surface area contributed by atoms with Gasteiger partial charge in [0.2, 0.25) is 5.91 Å². The summed E-state index contributed by atoms with van der Waals surface area (Å²) in [7, 11) is 0. The SMILES string of the molecule is CC(C)=CCNc1cccc(C(N)=O)c1. The van der Waals surface area contributed by atoms with Crippen molar-refractivity contribution in [1.82, 2.24) is 0 Å². The van der Waals surface area contributed by atoms with Crippen molar-refractivity contribution in [2.45, 2.75) is 13.8 Å². The number of carbonyl (C=O) groups is 1. The fraction of sp³-hybridized carbons (Fsp3) is 0.250. The number of benzene rings is 1. The van der Waals surface area contributed by atoms with Crippen LogP contribution in [0.2, 0.25) is 0 Å². The van der Waals surface area contributed by atoms with Crippen molar-refractivity contribution < 1.29 is 4.79 Å². The Hall–Kier alpha value is -1.77. The Morgan fingerprint density at radius 2 is 2.20 bits per heavy atom. The van der Waals surface area contributed by atoms with Crippen LogP contribution in [0.3, 0.4) is 0 Å². The normalized spacial score (nSPS) is 9.47. The Bertz CT molecular complexity index is 379. The zero-order valence-electron chi connectivity index (χ0n) is 9.08. The molecule has 0 unspecified atom stereocenters. The average molecular weight is 204 g/mol. The van der Waals surface area contributed by atoms with E-state index >= 15 is 0 Å². The van der Waals surface area contributed by atoms with Gasteiger partial charge >= 0.3 is 0 Å². The summed E-state index contributed by atoms with van der Waals surface area (Å²) in [4.78, 5) is 10.9. The summed E-state index contributed by atoms with van der Waals surface area (Å²) >= 11 is 0. The van der Waals surface area contributed by atoms with E-state index in [4.69, 9.17) is 5.73 Å². The molecule has 0 aliphatic rings. The molecule has 0 saturated heterocycles. The van der Waals surface area contributed by atoms with E-state index in [1.54, 1.807) is 12.1 Å². The van der Waals surface area contributed by atoms with Crippen LogP contribution in [-0.4, -0.2) is 12.5 Å². The lowest BCUT2D eigenvalue weighted by Gasteiger charge is -2.04. The van der Waals surface area contributed by atoms with Gasteiger partial charge in [-0.2, -0.15) is 0 Å². The molecule has 0 aromatic heterocycles. The van der Waals surface area contributed by atoms with Crippen LogP contribution in [0.1, 0.15) is 24.2 Å². The number of hydrogen-bond donors (Lipinski definition) is 2. The van der Waals surface area contributed by atoms with E-state index in [2.05, 4.69) is 11.4 Å². The van der Waals surface area contributed by atoms with E-state index in [-0.39, 0.29) is 0 Å². The summed E-state index contributed by atoms with van der Waals surface area (Å²) in [6.45, 7) is 4.84. The number of rotatable bonds is 4. The van der Waals surface area contributed by atoms with Gasteiger partial charge in [0, 0.05) is 17.8 Å². The van der Waals surface area contributed by atoms with E-state index in [0.717, 1.165) is 12.2 Å². The number of anilines is 1. The molecule has 3 N–H and O–H groups in total. The molecule has 0 bridgehead atoms. The number of hydrogen-bond acceptors (Lipinski definition) is 2. The summed E-state index contributed by atoms with van der Waals surface area (Å²) in [6.07, 6.45) is 2.08. The third kappa shape index (κ3) is 3.85. The van der Waals surface area contributed by atoms with Crippen molar-refractivity contribution in [3.05, 3.63) is 41.5 Å². The molecule has 15 heavy (non-hydrogen) atoms. The summed E-state index contributed by atoms with van der Waals surface area (Å²) in [5, 5.41) is 3.19. The van der Waals surface area contributed by atoms with Gasteiger partial charge < -0.3 is 11.1 Å². The highest BCUT2D eigenvalue weighted by atomic mass is 16.1. The zero-order valence-corrected chi connectivity index (χ0v) is 9.08. The smallest absolute Gasteiger partial charge is 0.248 e. The Balaban J connectivity index is 2.66. The predicted molar refractivity (Wildman–Crippen MR) is 62.9 cm³/mol. The Morgan fingerprint density at radius 3 is 2.80 bits per heavy atom. The second-order valence-electron chi connectivity index (χ2n) is 3.61. The van der Waals surface area contributed by atoms with Crippen molar-refractivity contribution in [3.8, 4) is 0 Å². The van der Waals surface area contributed by atoms with Crippen LogP contribution >= 0.6 is 0 Å². The minimum absolute atomic E-state index is 0.402. The molecule has 1 aromatic carbocycles. The van der Waals surface area contributed by atoms with Crippen molar-refractivity contribution in [2.75, 3.05) is 11.9 Å². The third-order valence-electron chi connectivity index (χ3n) is 1.96. The molecule has 0 aliphatic carbocycles. The summed E-state index contributed by atoms with van der Waals surface area (Å²) < 4.78 is 0. The molecule has 80 valence electrons.